The summed E-state index contributed by atoms with van der Waals surface area (Å²) in [5, 5.41) is 0. The Balaban J connectivity index is 1.77. The molecule has 1 aromatic rings. The van der Waals surface area contributed by atoms with E-state index in [0.29, 0.717) is 18.7 Å². The molecule has 2 aliphatic rings. The van der Waals surface area contributed by atoms with Gasteiger partial charge in [0.05, 0.1) is 5.69 Å². The van der Waals surface area contributed by atoms with Gasteiger partial charge in [-0.05, 0) is 37.5 Å². The van der Waals surface area contributed by atoms with Crippen LogP contribution in [0, 0.1) is 5.92 Å². The summed E-state index contributed by atoms with van der Waals surface area (Å²) in [6.45, 7) is 0.662. The average Bonchev–Trinajstić information content (AvgIpc) is 2.83. The summed E-state index contributed by atoms with van der Waals surface area (Å²) >= 11 is 3.42. The number of hydrogen-bond donors (Lipinski definition) is 0. The van der Waals surface area contributed by atoms with Crippen molar-refractivity contribution in [2.45, 2.75) is 25.7 Å². The van der Waals surface area contributed by atoms with Crippen molar-refractivity contribution < 1.29 is 14.3 Å². The standard InChI is InChI=1S/C15H16BrNO3/c16-11-4-5-14-12(8-11)17(15(19)9-20-14)7-6-10-2-1-3-13(10)18/h4-5,8,10H,1-3,6-7,9H2. The number of nitrogens with zero attached hydrogens (tertiary/aromatic N) is 1. The lowest BCUT2D eigenvalue weighted by molar-refractivity contribution is -0.122. The summed E-state index contributed by atoms with van der Waals surface area (Å²) in [5.74, 6) is 1.16. The summed E-state index contributed by atoms with van der Waals surface area (Å²) in [6, 6.07) is 5.65. The smallest absolute Gasteiger partial charge is 0.265 e. The second-order valence-electron chi connectivity index (χ2n) is 5.29. The van der Waals surface area contributed by atoms with Gasteiger partial charge in [-0.1, -0.05) is 15.9 Å². The quantitative estimate of drug-likeness (QED) is 0.851. The number of hydrogen-bond acceptors (Lipinski definition) is 3. The molecular formula is C15H16BrNO3. The fraction of sp³-hybridized carbons (Fsp3) is 0.467. The van der Waals surface area contributed by atoms with E-state index in [1.807, 2.05) is 18.2 Å². The van der Waals surface area contributed by atoms with E-state index in [1.165, 1.54) is 0 Å². The van der Waals surface area contributed by atoms with E-state index in [4.69, 9.17) is 4.74 Å². The summed E-state index contributed by atoms with van der Waals surface area (Å²) in [6.07, 6.45) is 3.39. The van der Waals surface area contributed by atoms with Crippen molar-refractivity contribution in [1.82, 2.24) is 0 Å². The molecule has 1 atom stereocenters. The second kappa shape index (κ2) is 5.56. The number of Topliss-reactive ketones (excluding diaryl/α,β-unsaturated/α-hetero) is 1. The molecule has 1 saturated carbocycles. The molecule has 1 fully saturated rings. The molecule has 1 aliphatic heterocycles. The minimum atomic E-state index is -0.0407. The van der Waals surface area contributed by atoms with Gasteiger partial charge in [0, 0.05) is 23.4 Å². The van der Waals surface area contributed by atoms with E-state index in [2.05, 4.69) is 15.9 Å². The Kier molecular flexibility index (Phi) is 3.78. The van der Waals surface area contributed by atoms with Crippen molar-refractivity contribution in [3.05, 3.63) is 22.7 Å². The summed E-state index contributed by atoms with van der Waals surface area (Å²) < 4.78 is 6.35. The minimum Gasteiger partial charge on any atom is -0.482 e. The lowest BCUT2D eigenvalue weighted by atomic mass is 10.0. The lowest BCUT2D eigenvalue weighted by Crippen LogP contribution is -2.40. The molecule has 1 aromatic carbocycles. The second-order valence-corrected chi connectivity index (χ2v) is 6.21. The molecule has 3 rings (SSSR count). The Morgan fingerprint density at radius 2 is 2.20 bits per heavy atom. The number of rotatable bonds is 3. The highest BCUT2D eigenvalue weighted by Gasteiger charge is 2.29. The minimum absolute atomic E-state index is 0.0407. The molecule has 0 radical (unpaired) electrons. The highest BCUT2D eigenvalue weighted by Crippen LogP contribution is 2.35. The van der Waals surface area contributed by atoms with E-state index in [-0.39, 0.29) is 18.4 Å². The Morgan fingerprint density at radius 3 is 2.95 bits per heavy atom. The highest BCUT2D eigenvalue weighted by atomic mass is 79.9. The van der Waals surface area contributed by atoms with Gasteiger partial charge in [0.25, 0.3) is 5.91 Å². The maximum absolute atomic E-state index is 12.1. The van der Waals surface area contributed by atoms with Crippen molar-refractivity contribution in [1.29, 1.82) is 0 Å². The molecule has 1 amide bonds. The van der Waals surface area contributed by atoms with Crippen molar-refractivity contribution in [2.24, 2.45) is 5.92 Å². The topological polar surface area (TPSA) is 46.6 Å². The van der Waals surface area contributed by atoms with Gasteiger partial charge in [-0.15, -0.1) is 0 Å². The number of benzene rings is 1. The molecule has 0 spiro atoms. The van der Waals surface area contributed by atoms with Crippen LogP contribution in [0.5, 0.6) is 5.75 Å². The van der Waals surface area contributed by atoms with Crippen molar-refractivity contribution in [2.75, 3.05) is 18.1 Å². The Morgan fingerprint density at radius 1 is 1.35 bits per heavy atom. The third kappa shape index (κ3) is 2.59. The van der Waals surface area contributed by atoms with E-state index in [0.717, 1.165) is 35.2 Å². The van der Waals surface area contributed by atoms with Crippen LogP contribution in [0.1, 0.15) is 25.7 Å². The predicted octanol–water partition coefficient (Wildman–Crippen LogP) is 2.93. The number of carbonyl (C=O) groups is 2. The van der Waals surface area contributed by atoms with Gasteiger partial charge in [-0.3, -0.25) is 9.59 Å². The summed E-state index contributed by atoms with van der Waals surface area (Å²) in [4.78, 5) is 25.5. The molecule has 0 bridgehead atoms. The third-order valence-electron chi connectivity index (χ3n) is 4.00. The Bertz CT molecular complexity index is 558. The zero-order chi connectivity index (χ0) is 14.1. The molecular weight excluding hydrogens is 322 g/mol. The van der Waals surface area contributed by atoms with Crippen LogP contribution >= 0.6 is 15.9 Å². The van der Waals surface area contributed by atoms with Crippen molar-refractivity contribution >= 4 is 33.3 Å². The number of anilines is 1. The van der Waals surface area contributed by atoms with Crippen LogP contribution in [0.25, 0.3) is 0 Å². The molecule has 0 aromatic heterocycles. The highest BCUT2D eigenvalue weighted by molar-refractivity contribution is 9.10. The van der Waals surface area contributed by atoms with E-state index < -0.39 is 0 Å². The zero-order valence-corrected chi connectivity index (χ0v) is 12.7. The summed E-state index contributed by atoms with van der Waals surface area (Å²) in [7, 11) is 0. The van der Waals surface area contributed by atoms with Gasteiger partial charge in [0.2, 0.25) is 0 Å². The first-order valence-electron chi connectivity index (χ1n) is 6.90. The summed E-state index contributed by atoms with van der Waals surface area (Å²) in [5.41, 5.74) is 0.793. The van der Waals surface area contributed by atoms with E-state index >= 15 is 0 Å². The molecule has 4 nitrogen and oxygen atoms in total. The number of carbonyl (C=O) groups excluding carboxylic acids is 2. The van der Waals surface area contributed by atoms with Crippen LogP contribution in [-0.2, 0) is 9.59 Å². The largest absolute Gasteiger partial charge is 0.482 e. The molecule has 0 N–H and O–H groups in total. The van der Waals surface area contributed by atoms with Crippen molar-refractivity contribution in [3.63, 3.8) is 0 Å². The van der Waals surface area contributed by atoms with Crippen LogP contribution in [0.4, 0.5) is 5.69 Å². The van der Waals surface area contributed by atoms with Gasteiger partial charge in [0.1, 0.15) is 11.5 Å². The zero-order valence-electron chi connectivity index (χ0n) is 11.1. The van der Waals surface area contributed by atoms with E-state index in [9.17, 15) is 9.59 Å². The van der Waals surface area contributed by atoms with Crippen LogP contribution < -0.4 is 9.64 Å². The number of amides is 1. The average molecular weight is 338 g/mol. The molecule has 20 heavy (non-hydrogen) atoms. The monoisotopic (exact) mass is 337 g/mol. The van der Waals surface area contributed by atoms with Gasteiger partial charge >= 0.3 is 0 Å². The van der Waals surface area contributed by atoms with Gasteiger partial charge in [-0.2, -0.15) is 0 Å². The molecule has 1 heterocycles. The lowest BCUT2D eigenvalue weighted by Gasteiger charge is -2.30. The predicted molar refractivity (Wildman–Crippen MR) is 79.0 cm³/mol. The fourth-order valence-electron chi connectivity index (χ4n) is 2.90. The van der Waals surface area contributed by atoms with Crippen molar-refractivity contribution in [3.8, 4) is 5.75 Å². The van der Waals surface area contributed by atoms with Gasteiger partial charge < -0.3 is 9.64 Å². The van der Waals surface area contributed by atoms with Crippen LogP contribution in [-0.4, -0.2) is 24.8 Å². The first-order chi connectivity index (χ1) is 9.65. The molecule has 0 saturated heterocycles. The normalized spacial score (nSPS) is 21.9. The first kappa shape index (κ1) is 13.6. The maximum Gasteiger partial charge on any atom is 0.265 e. The van der Waals surface area contributed by atoms with Crippen LogP contribution in [0.15, 0.2) is 22.7 Å². The van der Waals surface area contributed by atoms with E-state index in [1.54, 1.807) is 4.90 Å². The maximum atomic E-state index is 12.1. The number of halogens is 1. The van der Waals surface area contributed by atoms with Gasteiger partial charge in [0.15, 0.2) is 6.61 Å². The van der Waals surface area contributed by atoms with Gasteiger partial charge in [-0.25, -0.2) is 0 Å². The fourth-order valence-corrected chi connectivity index (χ4v) is 3.25. The Hall–Kier alpha value is -1.36. The molecule has 1 aliphatic carbocycles. The Labute approximate surface area is 126 Å². The van der Waals surface area contributed by atoms with Crippen LogP contribution in [0.3, 0.4) is 0 Å². The molecule has 5 heteroatoms. The third-order valence-corrected chi connectivity index (χ3v) is 4.49. The van der Waals surface area contributed by atoms with Crippen LogP contribution in [0.2, 0.25) is 0 Å². The SMILES string of the molecule is O=C1CCCC1CCN1C(=O)COc2ccc(Br)cc21. The number of ketones is 1. The number of fused-ring (bicyclic) bond motifs is 1. The molecule has 1 unspecified atom stereocenters. The first-order valence-corrected chi connectivity index (χ1v) is 7.70. The number of ether oxygens (including phenoxy) is 1. The molecule has 106 valence electrons.